The number of halogens is 5. The normalized spacial score (nSPS) is 24.8. The number of rotatable bonds is 2. The SMILES string of the molecule is FC(F)O[C@@H]1COC2(CCC2)C1.O=C(O)C(F)(F)F. The lowest BCUT2D eigenvalue weighted by Gasteiger charge is -2.36. The molecule has 1 saturated heterocycles. The van der Waals surface area contributed by atoms with Crippen LogP contribution in [0.25, 0.3) is 0 Å². The van der Waals surface area contributed by atoms with Crippen LogP contribution in [0.15, 0.2) is 0 Å². The number of hydrogen-bond acceptors (Lipinski definition) is 3. The van der Waals surface area contributed by atoms with Crippen molar-refractivity contribution in [2.45, 2.75) is 50.2 Å². The summed E-state index contributed by atoms with van der Waals surface area (Å²) in [5.41, 5.74) is -0.0838. The van der Waals surface area contributed by atoms with Gasteiger partial charge >= 0.3 is 18.8 Å². The van der Waals surface area contributed by atoms with Crippen LogP contribution >= 0.6 is 0 Å². The number of alkyl halides is 5. The fourth-order valence-electron chi connectivity index (χ4n) is 1.95. The maximum Gasteiger partial charge on any atom is 0.490 e. The summed E-state index contributed by atoms with van der Waals surface area (Å²) < 4.78 is 65.1. The molecule has 4 nitrogen and oxygen atoms in total. The van der Waals surface area contributed by atoms with Gasteiger partial charge in [0.2, 0.25) is 0 Å². The van der Waals surface area contributed by atoms with Gasteiger partial charge in [-0.25, -0.2) is 4.79 Å². The van der Waals surface area contributed by atoms with Crippen molar-refractivity contribution in [1.29, 1.82) is 0 Å². The first kappa shape index (κ1) is 16.1. The molecule has 9 heteroatoms. The van der Waals surface area contributed by atoms with Crippen molar-refractivity contribution in [3.05, 3.63) is 0 Å². The Balaban J connectivity index is 0.000000224. The van der Waals surface area contributed by atoms with Gasteiger partial charge in [0.05, 0.1) is 18.3 Å². The molecule has 19 heavy (non-hydrogen) atoms. The van der Waals surface area contributed by atoms with Crippen molar-refractivity contribution in [3.63, 3.8) is 0 Å². The highest BCUT2D eigenvalue weighted by Gasteiger charge is 2.46. The van der Waals surface area contributed by atoms with Gasteiger partial charge in [0.1, 0.15) is 0 Å². The molecular weight excluding hydrogens is 279 g/mol. The Hall–Kier alpha value is -0.960. The maximum atomic E-state index is 11.8. The molecule has 1 aliphatic heterocycles. The molecule has 0 unspecified atom stereocenters. The van der Waals surface area contributed by atoms with E-state index in [1.807, 2.05) is 0 Å². The Morgan fingerprint density at radius 1 is 1.37 bits per heavy atom. The molecule has 1 aliphatic carbocycles. The molecule has 2 rings (SSSR count). The van der Waals surface area contributed by atoms with Crippen LogP contribution in [0.3, 0.4) is 0 Å². The highest BCUT2D eigenvalue weighted by atomic mass is 19.4. The van der Waals surface area contributed by atoms with Crippen LogP contribution in [-0.4, -0.2) is 42.2 Å². The largest absolute Gasteiger partial charge is 0.490 e. The number of carboxylic acids is 1. The third kappa shape index (κ3) is 4.90. The van der Waals surface area contributed by atoms with Crippen LogP contribution in [0.2, 0.25) is 0 Å². The number of hydrogen-bond donors (Lipinski definition) is 1. The lowest BCUT2D eigenvalue weighted by atomic mass is 9.78. The highest BCUT2D eigenvalue weighted by Crippen LogP contribution is 2.44. The molecule has 0 aromatic carbocycles. The zero-order valence-corrected chi connectivity index (χ0v) is 9.75. The number of carboxylic acid groups (broad SMARTS) is 1. The Morgan fingerprint density at radius 3 is 2.16 bits per heavy atom. The fourth-order valence-corrected chi connectivity index (χ4v) is 1.95. The van der Waals surface area contributed by atoms with Gasteiger partial charge < -0.3 is 14.6 Å². The van der Waals surface area contributed by atoms with E-state index in [4.69, 9.17) is 14.6 Å². The average molecular weight is 292 g/mol. The Morgan fingerprint density at radius 2 is 1.89 bits per heavy atom. The second-order valence-corrected chi connectivity index (χ2v) is 4.37. The standard InChI is InChI=1S/C8H12F2O2.C2HF3O2/c9-7(10)12-6-4-8(11-5-6)2-1-3-8;3-2(4,5)1(6)7/h6-7H,1-5H2;(H,6,7)/t6-;/m0./s1. The van der Waals surface area contributed by atoms with E-state index < -0.39 is 18.8 Å². The summed E-state index contributed by atoms with van der Waals surface area (Å²) in [4.78, 5) is 8.90. The molecule has 1 atom stereocenters. The molecule has 2 fully saturated rings. The minimum atomic E-state index is -5.08. The molecule has 0 amide bonds. The van der Waals surface area contributed by atoms with Gasteiger partial charge in [0.25, 0.3) is 0 Å². The third-order valence-corrected chi connectivity index (χ3v) is 2.98. The summed E-state index contributed by atoms with van der Waals surface area (Å²) in [6.45, 7) is -2.32. The number of aliphatic carboxylic acids is 1. The average Bonchev–Trinajstić information content (AvgIpc) is 2.60. The molecule has 0 radical (unpaired) electrons. The topological polar surface area (TPSA) is 55.8 Å². The van der Waals surface area contributed by atoms with Crippen LogP contribution in [0.4, 0.5) is 22.0 Å². The molecule has 0 bridgehead atoms. The van der Waals surface area contributed by atoms with Crippen molar-refractivity contribution in [2.24, 2.45) is 0 Å². The zero-order valence-electron chi connectivity index (χ0n) is 9.75. The number of ether oxygens (including phenoxy) is 2. The molecule has 1 saturated carbocycles. The van der Waals surface area contributed by atoms with Crippen molar-refractivity contribution >= 4 is 5.97 Å². The predicted octanol–water partition coefficient (Wildman–Crippen LogP) is 2.57. The van der Waals surface area contributed by atoms with E-state index in [1.54, 1.807) is 0 Å². The fraction of sp³-hybridized carbons (Fsp3) is 0.900. The first-order valence-electron chi connectivity index (χ1n) is 5.52. The van der Waals surface area contributed by atoms with E-state index in [-0.39, 0.29) is 11.7 Å². The van der Waals surface area contributed by atoms with E-state index in [9.17, 15) is 22.0 Å². The second-order valence-electron chi connectivity index (χ2n) is 4.37. The predicted molar refractivity (Wildman–Crippen MR) is 51.7 cm³/mol. The summed E-state index contributed by atoms with van der Waals surface area (Å²) in [5.74, 6) is -2.76. The zero-order chi connectivity index (χ0) is 14.7. The Kier molecular flexibility index (Phi) is 5.08. The van der Waals surface area contributed by atoms with Crippen molar-refractivity contribution in [2.75, 3.05) is 6.61 Å². The molecular formula is C10H13F5O4. The van der Waals surface area contributed by atoms with Gasteiger partial charge in [-0.05, 0) is 19.3 Å². The maximum absolute atomic E-state index is 11.8. The van der Waals surface area contributed by atoms with E-state index >= 15 is 0 Å². The van der Waals surface area contributed by atoms with E-state index in [2.05, 4.69) is 4.74 Å². The quantitative estimate of drug-likeness (QED) is 0.795. The number of carbonyl (C=O) groups is 1. The molecule has 1 N–H and O–H groups in total. The summed E-state index contributed by atoms with van der Waals surface area (Å²) in [5, 5.41) is 7.12. The lowest BCUT2D eigenvalue weighted by Crippen LogP contribution is -2.36. The van der Waals surface area contributed by atoms with Crippen molar-refractivity contribution < 1.29 is 41.3 Å². The highest BCUT2D eigenvalue weighted by molar-refractivity contribution is 5.73. The summed E-state index contributed by atoms with van der Waals surface area (Å²) in [7, 11) is 0. The Bertz CT molecular complexity index is 314. The molecule has 1 spiro atoms. The van der Waals surface area contributed by atoms with Gasteiger partial charge in [0.15, 0.2) is 0 Å². The Labute approximate surface area is 105 Å². The van der Waals surface area contributed by atoms with Crippen LogP contribution in [0.5, 0.6) is 0 Å². The minimum Gasteiger partial charge on any atom is -0.475 e. The molecule has 112 valence electrons. The van der Waals surface area contributed by atoms with Crippen molar-refractivity contribution in [3.8, 4) is 0 Å². The van der Waals surface area contributed by atoms with Crippen LogP contribution in [-0.2, 0) is 14.3 Å². The van der Waals surface area contributed by atoms with Crippen molar-refractivity contribution in [1.82, 2.24) is 0 Å². The van der Waals surface area contributed by atoms with Gasteiger partial charge in [-0.3, -0.25) is 0 Å². The molecule has 2 aliphatic rings. The summed E-state index contributed by atoms with van der Waals surface area (Å²) >= 11 is 0. The van der Waals surface area contributed by atoms with Crippen LogP contribution in [0, 0.1) is 0 Å². The smallest absolute Gasteiger partial charge is 0.475 e. The first-order chi connectivity index (χ1) is 8.65. The van der Waals surface area contributed by atoms with Gasteiger partial charge in [-0.15, -0.1) is 0 Å². The monoisotopic (exact) mass is 292 g/mol. The van der Waals surface area contributed by atoms with E-state index in [1.165, 1.54) is 0 Å². The van der Waals surface area contributed by atoms with Gasteiger partial charge in [-0.1, -0.05) is 0 Å². The molecule has 0 aromatic heterocycles. The van der Waals surface area contributed by atoms with E-state index in [0.29, 0.717) is 13.0 Å². The summed E-state index contributed by atoms with van der Waals surface area (Å²) in [6, 6.07) is 0. The van der Waals surface area contributed by atoms with Crippen LogP contribution in [0.1, 0.15) is 25.7 Å². The third-order valence-electron chi connectivity index (χ3n) is 2.98. The first-order valence-corrected chi connectivity index (χ1v) is 5.52. The van der Waals surface area contributed by atoms with Gasteiger partial charge in [0, 0.05) is 6.42 Å². The second kappa shape index (κ2) is 6.00. The molecule has 1 heterocycles. The minimum absolute atomic E-state index is 0.0838. The lowest BCUT2D eigenvalue weighted by molar-refractivity contribution is -0.192. The van der Waals surface area contributed by atoms with E-state index in [0.717, 1.165) is 19.3 Å². The van der Waals surface area contributed by atoms with Crippen LogP contribution < -0.4 is 0 Å². The molecule has 0 aromatic rings. The van der Waals surface area contributed by atoms with Gasteiger partial charge in [-0.2, -0.15) is 22.0 Å². The summed E-state index contributed by atoms with van der Waals surface area (Å²) in [6.07, 6.45) is -1.64.